The molecule has 2 heterocycles. The number of aromatic nitrogens is 2. The average molecular weight is 372 g/mol. The maximum Gasteiger partial charge on any atom is 0.231 e. The first kappa shape index (κ1) is 16.1. The van der Waals surface area contributed by atoms with Crippen molar-refractivity contribution in [2.24, 2.45) is 0 Å². The van der Waals surface area contributed by atoms with Crippen LogP contribution < -0.4 is 9.47 Å². The normalized spacial score (nSPS) is 12.4. The number of nitrogens with zero attached hydrogens (tertiary/aromatic N) is 2. The highest BCUT2D eigenvalue weighted by atomic mass is 32.2. The molecule has 5 heteroatoms. The van der Waals surface area contributed by atoms with Crippen LogP contribution in [0.25, 0.3) is 22.0 Å². The van der Waals surface area contributed by atoms with E-state index in [1.807, 2.05) is 42.5 Å². The van der Waals surface area contributed by atoms with Gasteiger partial charge >= 0.3 is 0 Å². The lowest BCUT2D eigenvalue weighted by Gasteiger charge is -2.09. The summed E-state index contributed by atoms with van der Waals surface area (Å²) < 4.78 is 10.8. The summed E-state index contributed by atoms with van der Waals surface area (Å²) in [5, 5.41) is 12.2. The molecule has 0 N–H and O–H groups in total. The van der Waals surface area contributed by atoms with Crippen LogP contribution in [0.1, 0.15) is 5.56 Å². The quantitative estimate of drug-likeness (QED) is 0.454. The van der Waals surface area contributed by atoms with Gasteiger partial charge in [-0.05, 0) is 17.7 Å². The van der Waals surface area contributed by atoms with E-state index in [9.17, 15) is 0 Å². The number of ether oxygens (including phenoxy) is 2. The number of fused-ring (bicyclic) bond motifs is 2. The van der Waals surface area contributed by atoms with Crippen LogP contribution in [0.5, 0.6) is 11.5 Å². The first-order valence-corrected chi connectivity index (χ1v) is 9.69. The lowest BCUT2D eigenvalue weighted by Crippen LogP contribution is -1.94. The number of thioether (sulfide) groups is 1. The lowest BCUT2D eigenvalue weighted by molar-refractivity contribution is 0.174. The Morgan fingerprint density at radius 1 is 0.778 bits per heavy atom. The first-order chi connectivity index (χ1) is 13.4. The zero-order valence-electron chi connectivity index (χ0n) is 14.5. The number of hydrogen-bond donors (Lipinski definition) is 0. The van der Waals surface area contributed by atoms with Gasteiger partial charge in [0.1, 0.15) is 10.7 Å². The zero-order valence-corrected chi connectivity index (χ0v) is 15.3. The minimum absolute atomic E-state index is 0.295. The van der Waals surface area contributed by atoms with E-state index in [0.717, 1.165) is 44.3 Å². The van der Waals surface area contributed by atoms with Crippen LogP contribution in [0, 0.1) is 0 Å². The molecule has 0 spiro atoms. The van der Waals surface area contributed by atoms with E-state index >= 15 is 0 Å². The van der Waals surface area contributed by atoms with Crippen LogP contribution in [-0.4, -0.2) is 17.0 Å². The molecule has 0 bridgehead atoms. The maximum absolute atomic E-state index is 5.47. The van der Waals surface area contributed by atoms with Crippen molar-refractivity contribution in [1.82, 2.24) is 10.2 Å². The van der Waals surface area contributed by atoms with Crippen molar-refractivity contribution >= 4 is 22.5 Å². The number of rotatable bonds is 4. The van der Waals surface area contributed by atoms with E-state index in [2.05, 4.69) is 40.5 Å². The Morgan fingerprint density at radius 3 is 2.44 bits per heavy atom. The van der Waals surface area contributed by atoms with Crippen molar-refractivity contribution in [2.75, 3.05) is 6.79 Å². The summed E-state index contributed by atoms with van der Waals surface area (Å²) in [5.41, 5.74) is 3.16. The van der Waals surface area contributed by atoms with Gasteiger partial charge in [-0.25, -0.2) is 0 Å². The molecule has 1 aliphatic heterocycles. The standard InChI is InChI=1S/C22H16N2O2S/c1-2-6-16(7-3-1)21-17-8-4-5-9-18(17)22(24-23-21)27-13-15-10-11-19-20(12-15)26-14-25-19/h1-12H,13-14H2. The zero-order chi connectivity index (χ0) is 18.1. The highest BCUT2D eigenvalue weighted by Crippen LogP contribution is 2.36. The summed E-state index contributed by atoms with van der Waals surface area (Å²) in [6, 6.07) is 24.5. The van der Waals surface area contributed by atoms with Gasteiger partial charge in [-0.1, -0.05) is 72.4 Å². The topological polar surface area (TPSA) is 44.2 Å². The van der Waals surface area contributed by atoms with Gasteiger partial charge in [-0.15, -0.1) is 10.2 Å². The summed E-state index contributed by atoms with van der Waals surface area (Å²) >= 11 is 1.68. The van der Waals surface area contributed by atoms with Gasteiger partial charge in [0.15, 0.2) is 11.5 Å². The second-order valence-corrected chi connectivity index (χ2v) is 7.21. The molecule has 0 unspecified atom stereocenters. The summed E-state index contributed by atoms with van der Waals surface area (Å²) in [6.07, 6.45) is 0. The van der Waals surface area contributed by atoms with Crippen LogP contribution in [0.2, 0.25) is 0 Å². The summed E-state index contributed by atoms with van der Waals surface area (Å²) in [4.78, 5) is 0. The molecule has 27 heavy (non-hydrogen) atoms. The third-order valence-electron chi connectivity index (χ3n) is 4.51. The van der Waals surface area contributed by atoms with Crippen molar-refractivity contribution in [3.05, 3.63) is 78.4 Å². The Kier molecular flexibility index (Phi) is 4.14. The number of hydrogen-bond acceptors (Lipinski definition) is 5. The molecule has 1 aliphatic rings. The fourth-order valence-corrected chi connectivity index (χ4v) is 4.09. The van der Waals surface area contributed by atoms with Gasteiger partial charge in [0.2, 0.25) is 6.79 Å². The first-order valence-electron chi connectivity index (χ1n) is 8.71. The number of benzene rings is 3. The Morgan fingerprint density at radius 2 is 1.56 bits per heavy atom. The largest absolute Gasteiger partial charge is 0.454 e. The molecule has 0 saturated heterocycles. The van der Waals surface area contributed by atoms with E-state index in [-0.39, 0.29) is 0 Å². The Hall–Kier alpha value is -3.05. The van der Waals surface area contributed by atoms with Crippen LogP contribution in [-0.2, 0) is 5.75 Å². The second kappa shape index (κ2) is 6.93. The van der Waals surface area contributed by atoms with Crippen molar-refractivity contribution < 1.29 is 9.47 Å². The molecule has 4 aromatic rings. The molecular formula is C22H16N2O2S. The predicted molar refractivity (Wildman–Crippen MR) is 107 cm³/mol. The Bertz CT molecular complexity index is 1120. The fourth-order valence-electron chi connectivity index (χ4n) is 3.18. The molecule has 0 saturated carbocycles. The van der Waals surface area contributed by atoms with E-state index in [4.69, 9.17) is 9.47 Å². The minimum atomic E-state index is 0.295. The molecule has 0 radical (unpaired) electrons. The molecule has 132 valence electrons. The third-order valence-corrected chi connectivity index (χ3v) is 5.57. The Labute approximate surface area is 161 Å². The maximum atomic E-state index is 5.47. The monoisotopic (exact) mass is 372 g/mol. The highest BCUT2D eigenvalue weighted by Gasteiger charge is 2.15. The molecule has 0 atom stereocenters. The van der Waals surface area contributed by atoms with Crippen molar-refractivity contribution in [3.63, 3.8) is 0 Å². The van der Waals surface area contributed by atoms with Gasteiger partial charge in [-0.2, -0.15) is 0 Å². The molecule has 4 nitrogen and oxygen atoms in total. The molecular weight excluding hydrogens is 356 g/mol. The molecule has 0 amide bonds. The second-order valence-electron chi connectivity index (χ2n) is 6.24. The van der Waals surface area contributed by atoms with Crippen LogP contribution in [0.3, 0.4) is 0 Å². The summed E-state index contributed by atoms with van der Waals surface area (Å²) in [7, 11) is 0. The van der Waals surface area contributed by atoms with Gasteiger partial charge in [-0.3, -0.25) is 0 Å². The molecule has 3 aromatic carbocycles. The van der Waals surface area contributed by atoms with E-state index < -0.39 is 0 Å². The van der Waals surface area contributed by atoms with Gasteiger partial charge in [0.25, 0.3) is 0 Å². The van der Waals surface area contributed by atoms with Crippen molar-refractivity contribution in [3.8, 4) is 22.8 Å². The van der Waals surface area contributed by atoms with Gasteiger partial charge < -0.3 is 9.47 Å². The highest BCUT2D eigenvalue weighted by molar-refractivity contribution is 7.98. The minimum Gasteiger partial charge on any atom is -0.454 e. The van der Waals surface area contributed by atoms with Crippen LogP contribution in [0.4, 0.5) is 0 Å². The SMILES string of the molecule is c1ccc(-c2nnc(SCc3ccc4c(c3)OCO4)c3ccccc23)cc1. The van der Waals surface area contributed by atoms with E-state index in [1.54, 1.807) is 11.8 Å². The fraction of sp³-hybridized carbons (Fsp3) is 0.0909. The smallest absolute Gasteiger partial charge is 0.231 e. The van der Waals surface area contributed by atoms with Gasteiger partial charge in [0, 0.05) is 22.1 Å². The van der Waals surface area contributed by atoms with Crippen molar-refractivity contribution in [1.29, 1.82) is 0 Å². The summed E-state index contributed by atoms with van der Waals surface area (Å²) in [6.45, 7) is 0.295. The Balaban J connectivity index is 1.47. The van der Waals surface area contributed by atoms with Crippen LogP contribution in [0.15, 0.2) is 77.8 Å². The molecule has 5 rings (SSSR count). The molecule has 0 fully saturated rings. The van der Waals surface area contributed by atoms with Crippen LogP contribution >= 0.6 is 11.8 Å². The molecule has 0 aliphatic carbocycles. The predicted octanol–water partition coefficient (Wildman–Crippen LogP) is 5.32. The summed E-state index contributed by atoms with van der Waals surface area (Å²) in [5.74, 6) is 2.41. The lowest BCUT2D eigenvalue weighted by atomic mass is 10.1. The van der Waals surface area contributed by atoms with Gasteiger partial charge in [0.05, 0.1) is 0 Å². The average Bonchev–Trinajstić information content (AvgIpc) is 3.20. The van der Waals surface area contributed by atoms with E-state index in [1.165, 1.54) is 5.56 Å². The van der Waals surface area contributed by atoms with Crippen molar-refractivity contribution in [2.45, 2.75) is 10.8 Å². The third kappa shape index (κ3) is 3.11. The van der Waals surface area contributed by atoms with E-state index in [0.29, 0.717) is 6.79 Å². The molecule has 1 aromatic heterocycles.